The molecule has 4 aromatic rings. The Kier molecular flexibility index (Phi) is 6.13. The number of ether oxygens (including phenoxy) is 1. The van der Waals surface area contributed by atoms with Crippen molar-refractivity contribution in [3.05, 3.63) is 114 Å². The lowest BCUT2D eigenvalue weighted by atomic mass is 10.2. The van der Waals surface area contributed by atoms with Crippen molar-refractivity contribution in [1.29, 1.82) is 0 Å². The molecule has 0 atom stereocenters. The van der Waals surface area contributed by atoms with Crippen LogP contribution in [0.5, 0.6) is 17.2 Å². The molecule has 32 heavy (non-hydrogen) atoms. The molecule has 0 saturated carbocycles. The standard InChI is InChI=1S/C26H20N2O4/c29-22-11-13-23(14-12-22)32-24-16-20(27-25(30)18-7-3-1-4-8-18)15-21(17-24)28-26(31)19-9-5-2-6-10-19/h1-17,29H,(H,27,30)(H,28,31). The van der Waals surface area contributed by atoms with Crippen LogP contribution in [0.2, 0.25) is 0 Å². The molecule has 0 saturated heterocycles. The van der Waals surface area contributed by atoms with E-state index in [9.17, 15) is 14.7 Å². The lowest BCUT2D eigenvalue weighted by Gasteiger charge is -2.13. The van der Waals surface area contributed by atoms with Crippen molar-refractivity contribution in [3.8, 4) is 17.2 Å². The van der Waals surface area contributed by atoms with Crippen LogP contribution in [0.15, 0.2) is 103 Å². The molecule has 6 nitrogen and oxygen atoms in total. The lowest BCUT2D eigenvalue weighted by Crippen LogP contribution is -2.14. The van der Waals surface area contributed by atoms with Crippen LogP contribution in [0.3, 0.4) is 0 Å². The average molecular weight is 424 g/mol. The molecular weight excluding hydrogens is 404 g/mol. The third kappa shape index (κ3) is 5.31. The molecule has 0 unspecified atom stereocenters. The van der Waals surface area contributed by atoms with Crippen LogP contribution in [0.1, 0.15) is 20.7 Å². The quantitative estimate of drug-likeness (QED) is 0.371. The summed E-state index contributed by atoms with van der Waals surface area (Å²) < 4.78 is 5.88. The zero-order chi connectivity index (χ0) is 22.3. The number of hydrogen-bond acceptors (Lipinski definition) is 4. The topological polar surface area (TPSA) is 87.7 Å². The second-order valence-electron chi connectivity index (χ2n) is 6.98. The van der Waals surface area contributed by atoms with Gasteiger partial charge in [-0.05, 0) is 54.6 Å². The molecule has 3 N–H and O–H groups in total. The highest BCUT2D eigenvalue weighted by Crippen LogP contribution is 2.30. The molecule has 4 aromatic carbocycles. The first kappa shape index (κ1) is 20.7. The van der Waals surface area contributed by atoms with E-state index in [2.05, 4.69) is 10.6 Å². The Hall–Kier alpha value is -4.58. The van der Waals surface area contributed by atoms with Gasteiger partial charge in [0.1, 0.15) is 17.2 Å². The monoisotopic (exact) mass is 424 g/mol. The van der Waals surface area contributed by atoms with E-state index in [1.54, 1.807) is 78.9 Å². The molecule has 0 spiro atoms. The van der Waals surface area contributed by atoms with Crippen LogP contribution in [0.4, 0.5) is 11.4 Å². The molecular formula is C26H20N2O4. The molecule has 4 rings (SSSR count). The van der Waals surface area contributed by atoms with Crippen molar-refractivity contribution in [3.63, 3.8) is 0 Å². The highest BCUT2D eigenvalue weighted by Gasteiger charge is 2.11. The molecule has 0 aromatic heterocycles. The minimum Gasteiger partial charge on any atom is -0.508 e. The molecule has 0 aliphatic heterocycles. The summed E-state index contributed by atoms with van der Waals surface area (Å²) in [7, 11) is 0. The molecule has 0 bridgehead atoms. The van der Waals surface area contributed by atoms with E-state index >= 15 is 0 Å². The molecule has 0 heterocycles. The number of amides is 2. The Morgan fingerprint density at radius 3 is 1.53 bits per heavy atom. The van der Waals surface area contributed by atoms with E-state index in [4.69, 9.17) is 4.74 Å². The molecule has 158 valence electrons. The van der Waals surface area contributed by atoms with Crippen molar-refractivity contribution in [2.75, 3.05) is 10.6 Å². The maximum absolute atomic E-state index is 12.6. The molecule has 2 amide bonds. The summed E-state index contributed by atoms with van der Waals surface area (Å²) in [5.74, 6) is 0.456. The number of phenolic OH excluding ortho intramolecular Hbond substituents is 1. The number of nitrogens with one attached hydrogen (secondary N) is 2. The van der Waals surface area contributed by atoms with E-state index in [1.165, 1.54) is 12.1 Å². The van der Waals surface area contributed by atoms with Crippen LogP contribution < -0.4 is 15.4 Å². The Morgan fingerprint density at radius 1 is 0.594 bits per heavy atom. The summed E-state index contributed by atoms with van der Waals surface area (Å²) in [6.07, 6.45) is 0. The number of hydrogen-bond donors (Lipinski definition) is 3. The normalized spacial score (nSPS) is 10.2. The van der Waals surface area contributed by atoms with Crippen molar-refractivity contribution in [2.24, 2.45) is 0 Å². The fourth-order valence-corrected chi connectivity index (χ4v) is 3.04. The largest absolute Gasteiger partial charge is 0.508 e. The zero-order valence-corrected chi connectivity index (χ0v) is 17.0. The lowest BCUT2D eigenvalue weighted by molar-refractivity contribution is 0.101. The first-order chi connectivity index (χ1) is 15.6. The minimum atomic E-state index is -0.285. The van der Waals surface area contributed by atoms with Crippen LogP contribution in [0, 0.1) is 0 Å². The molecule has 0 aliphatic carbocycles. The Bertz CT molecular complexity index is 1150. The van der Waals surface area contributed by atoms with E-state index in [1.807, 2.05) is 12.1 Å². The maximum Gasteiger partial charge on any atom is 0.255 e. The second-order valence-corrected chi connectivity index (χ2v) is 6.98. The number of anilines is 2. The van der Waals surface area contributed by atoms with Gasteiger partial charge in [-0.1, -0.05) is 36.4 Å². The molecule has 6 heteroatoms. The number of phenols is 1. The van der Waals surface area contributed by atoms with Gasteiger partial charge in [-0.25, -0.2) is 0 Å². The Balaban J connectivity index is 1.62. The summed E-state index contributed by atoms with van der Waals surface area (Å²) in [6, 6.07) is 28.9. The van der Waals surface area contributed by atoms with E-state index in [-0.39, 0.29) is 17.6 Å². The van der Waals surface area contributed by atoms with Crippen LogP contribution in [0.25, 0.3) is 0 Å². The highest BCUT2D eigenvalue weighted by atomic mass is 16.5. The van der Waals surface area contributed by atoms with Gasteiger partial charge in [-0.2, -0.15) is 0 Å². The van der Waals surface area contributed by atoms with Gasteiger partial charge in [-0.15, -0.1) is 0 Å². The number of benzene rings is 4. The fourth-order valence-electron chi connectivity index (χ4n) is 3.04. The van der Waals surface area contributed by atoms with Gasteiger partial charge in [0.2, 0.25) is 0 Å². The fraction of sp³-hybridized carbons (Fsp3) is 0. The maximum atomic E-state index is 12.6. The van der Waals surface area contributed by atoms with Gasteiger partial charge in [0.25, 0.3) is 11.8 Å². The Labute approximate surface area is 185 Å². The van der Waals surface area contributed by atoms with E-state index < -0.39 is 0 Å². The second kappa shape index (κ2) is 9.49. The first-order valence-corrected chi connectivity index (χ1v) is 9.91. The highest BCUT2D eigenvalue weighted by molar-refractivity contribution is 6.06. The van der Waals surface area contributed by atoms with Gasteiger partial charge in [0.05, 0.1) is 0 Å². The van der Waals surface area contributed by atoms with Gasteiger partial charge >= 0.3 is 0 Å². The number of carbonyl (C=O) groups excluding carboxylic acids is 2. The molecule has 0 fully saturated rings. The van der Waals surface area contributed by atoms with Gasteiger partial charge < -0.3 is 20.5 Å². The molecule has 0 aliphatic rings. The number of rotatable bonds is 6. The predicted molar refractivity (Wildman–Crippen MR) is 123 cm³/mol. The first-order valence-electron chi connectivity index (χ1n) is 9.91. The summed E-state index contributed by atoms with van der Waals surface area (Å²) >= 11 is 0. The number of carbonyl (C=O) groups is 2. The van der Waals surface area contributed by atoms with Crippen molar-refractivity contribution >= 4 is 23.2 Å². The van der Waals surface area contributed by atoms with Gasteiger partial charge in [-0.3, -0.25) is 9.59 Å². The Morgan fingerprint density at radius 2 is 1.06 bits per heavy atom. The van der Waals surface area contributed by atoms with Crippen molar-refractivity contribution in [1.82, 2.24) is 0 Å². The summed E-state index contributed by atoms with van der Waals surface area (Å²) in [5.41, 5.74) is 1.93. The van der Waals surface area contributed by atoms with Crippen LogP contribution >= 0.6 is 0 Å². The average Bonchev–Trinajstić information content (AvgIpc) is 2.81. The van der Waals surface area contributed by atoms with Crippen LogP contribution in [-0.4, -0.2) is 16.9 Å². The summed E-state index contributed by atoms with van der Waals surface area (Å²) in [6.45, 7) is 0. The summed E-state index contributed by atoms with van der Waals surface area (Å²) in [5, 5.41) is 15.1. The van der Waals surface area contributed by atoms with Crippen molar-refractivity contribution < 1.29 is 19.4 Å². The zero-order valence-electron chi connectivity index (χ0n) is 17.0. The smallest absolute Gasteiger partial charge is 0.255 e. The molecule has 0 radical (unpaired) electrons. The predicted octanol–water partition coefficient (Wildman–Crippen LogP) is 5.69. The third-order valence-electron chi connectivity index (χ3n) is 4.57. The summed E-state index contributed by atoms with van der Waals surface area (Å²) in [4.78, 5) is 25.2. The van der Waals surface area contributed by atoms with Crippen LogP contribution in [-0.2, 0) is 0 Å². The van der Waals surface area contributed by atoms with Crippen molar-refractivity contribution in [2.45, 2.75) is 0 Å². The van der Waals surface area contributed by atoms with Gasteiger partial charge in [0, 0.05) is 34.6 Å². The van der Waals surface area contributed by atoms with Gasteiger partial charge in [0.15, 0.2) is 0 Å². The number of aromatic hydroxyl groups is 1. The third-order valence-corrected chi connectivity index (χ3v) is 4.57. The SMILES string of the molecule is O=C(Nc1cc(NC(=O)c2ccccc2)cc(Oc2ccc(O)cc2)c1)c1ccccc1. The van der Waals surface area contributed by atoms with E-state index in [0.717, 1.165) is 0 Å². The van der Waals surface area contributed by atoms with E-state index in [0.29, 0.717) is 34.0 Å². The minimum absolute atomic E-state index is 0.122.